The van der Waals surface area contributed by atoms with E-state index in [1.54, 1.807) is 25.3 Å². The Morgan fingerprint density at radius 2 is 1.78 bits per heavy atom. The number of hydrogen-bond donors (Lipinski definition) is 1. The molecule has 0 saturated heterocycles. The molecule has 1 N–H and O–H groups in total. The largest absolute Gasteiger partial charge is 0.496 e. The van der Waals surface area contributed by atoms with Gasteiger partial charge in [0, 0.05) is 28.6 Å². The number of hydrogen-bond acceptors (Lipinski definition) is 3. The van der Waals surface area contributed by atoms with Crippen molar-refractivity contribution in [3.63, 3.8) is 0 Å². The van der Waals surface area contributed by atoms with Gasteiger partial charge in [-0.3, -0.25) is 9.36 Å². The van der Waals surface area contributed by atoms with Crippen molar-refractivity contribution in [1.29, 1.82) is 0 Å². The van der Waals surface area contributed by atoms with Gasteiger partial charge < -0.3 is 10.1 Å². The molecule has 1 heterocycles. The van der Waals surface area contributed by atoms with Crippen LogP contribution in [0.15, 0.2) is 36.4 Å². The number of rotatable bonds is 6. The molecule has 2 aromatic carbocycles. The fraction of sp³-hybridized carbons (Fsp3) is 0.360. The molecule has 7 heteroatoms. The molecule has 0 radical (unpaired) electrons. The van der Waals surface area contributed by atoms with Crippen LogP contribution >= 0.6 is 23.2 Å². The zero-order chi connectivity index (χ0) is 23.6. The summed E-state index contributed by atoms with van der Waals surface area (Å²) in [7, 11) is 1.60. The van der Waals surface area contributed by atoms with Crippen molar-refractivity contribution in [2.24, 2.45) is 5.41 Å². The minimum absolute atomic E-state index is 0.0657. The Labute approximate surface area is 199 Å². The molecule has 0 bridgehead atoms. The molecular formula is C25H29Cl2N3O2. The summed E-state index contributed by atoms with van der Waals surface area (Å²) in [6.07, 6.45) is 0.647. The van der Waals surface area contributed by atoms with Crippen LogP contribution in [0.1, 0.15) is 49.6 Å². The lowest BCUT2D eigenvalue weighted by Crippen LogP contribution is -2.24. The van der Waals surface area contributed by atoms with Crippen LogP contribution in [0, 0.1) is 12.3 Å². The molecular weight excluding hydrogens is 445 g/mol. The summed E-state index contributed by atoms with van der Waals surface area (Å²) in [6, 6.07) is 11.1. The van der Waals surface area contributed by atoms with Crippen LogP contribution in [0.3, 0.4) is 0 Å². The van der Waals surface area contributed by atoms with Gasteiger partial charge in [-0.05, 0) is 55.2 Å². The third kappa shape index (κ3) is 5.11. The lowest BCUT2D eigenvalue weighted by atomic mass is 9.92. The first-order valence-electron chi connectivity index (χ1n) is 10.6. The van der Waals surface area contributed by atoms with Gasteiger partial charge in [0.05, 0.1) is 18.5 Å². The number of imidazole rings is 1. The quantitative estimate of drug-likeness (QED) is 0.444. The summed E-state index contributed by atoms with van der Waals surface area (Å²) in [5.74, 6) is 1.11. The van der Waals surface area contributed by atoms with Gasteiger partial charge in [0.2, 0.25) is 0 Å². The maximum atomic E-state index is 13.2. The van der Waals surface area contributed by atoms with Crippen LogP contribution in [-0.4, -0.2) is 29.1 Å². The summed E-state index contributed by atoms with van der Waals surface area (Å²) < 4.78 is 7.67. The molecule has 0 spiro atoms. The highest BCUT2D eigenvalue weighted by Gasteiger charge is 2.29. The molecule has 0 fully saturated rings. The van der Waals surface area contributed by atoms with Crippen molar-refractivity contribution >= 4 is 29.1 Å². The van der Waals surface area contributed by atoms with Crippen LogP contribution in [0.4, 0.5) is 0 Å². The monoisotopic (exact) mass is 473 g/mol. The van der Waals surface area contributed by atoms with Crippen LogP contribution in [-0.2, 0) is 6.42 Å². The number of amides is 1. The van der Waals surface area contributed by atoms with Gasteiger partial charge in [-0.25, -0.2) is 4.98 Å². The molecule has 0 atom stereocenters. The van der Waals surface area contributed by atoms with E-state index in [9.17, 15) is 4.79 Å². The average Bonchev–Trinajstić information content (AvgIpc) is 3.07. The van der Waals surface area contributed by atoms with Crippen molar-refractivity contribution in [2.75, 3.05) is 13.7 Å². The summed E-state index contributed by atoms with van der Waals surface area (Å²) in [4.78, 5) is 18.0. The first-order chi connectivity index (χ1) is 15.1. The molecule has 0 aliphatic rings. The smallest absolute Gasteiger partial charge is 0.272 e. The molecule has 3 rings (SSSR count). The van der Waals surface area contributed by atoms with E-state index < -0.39 is 0 Å². The number of methoxy groups -OCH3 is 1. The second-order valence-electron chi connectivity index (χ2n) is 8.93. The lowest BCUT2D eigenvalue weighted by Gasteiger charge is -2.21. The third-order valence-corrected chi connectivity index (χ3v) is 5.49. The molecule has 1 amide bonds. The summed E-state index contributed by atoms with van der Waals surface area (Å²) in [5, 5.41) is 4.03. The van der Waals surface area contributed by atoms with E-state index in [1.807, 2.05) is 36.6 Å². The molecule has 3 aromatic rings. The van der Waals surface area contributed by atoms with Crippen LogP contribution < -0.4 is 10.1 Å². The molecule has 170 valence electrons. The Morgan fingerprint density at radius 1 is 1.12 bits per heavy atom. The Balaban J connectivity index is 2.47. The highest BCUT2D eigenvalue weighted by Crippen LogP contribution is 2.39. The Bertz CT molecular complexity index is 1150. The first-order valence-corrected chi connectivity index (χ1v) is 11.3. The predicted octanol–water partition coefficient (Wildman–Crippen LogP) is 6.50. The highest BCUT2D eigenvalue weighted by molar-refractivity contribution is 6.31. The van der Waals surface area contributed by atoms with Crippen LogP contribution in [0.5, 0.6) is 5.75 Å². The molecule has 0 unspecified atom stereocenters. The zero-order valence-corrected chi connectivity index (χ0v) is 20.9. The minimum atomic E-state index is -0.252. The van der Waals surface area contributed by atoms with Crippen molar-refractivity contribution in [3.8, 4) is 22.7 Å². The van der Waals surface area contributed by atoms with Gasteiger partial charge in [-0.2, -0.15) is 0 Å². The lowest BCUT2D eigenvalue weighted by molar-refractivity contribution is 0.0951. The Kier molecular flexibility index (Phi) is 7.21. The highest BCUT2D eigenvalue weighted by atomic mass is 35.5. The fourth-order valence-electron chi connectivity index (χ4n) is 3.66. The van der Waals surface area contributed by atoms with E-state index in [0.717, 1.165) is 17.1 Å². The summed E-state index contributed by atoms with van der Waals surface area (Å²) in [5.41, 5.74) is 3.44. The number of ether oxygens (including phenoxy) is 1. The van der Waals surface area contributed by atoms with Gasteiger partial charge in [-0.1, -0.05) is 50.0 Å². The van der Waals surface area contributed by atoms with E-state index >= 15 is 0 Å². The average molecular weight is 474 g/mol. The van der Waals surface area contributed by atoms with E-state index in [4.69, 9.17) is 32.9 Å². The predicted molar refractivity (Wildman–Crippen MR) is 131 cm³/mol. The maximum Gasteiger partial charge on any atom is 0.272 e. The number of benzene rings is 2. The molecule has 0 aliphatic heterocycles. The summed E-state index contributed by atoms with van der Waals surface area (Å²) >= 11 is 12.8. The van der Waals surface area contributed by atoms with Crippen molar-refractivity contribution in [3.05, 3.63) is 63.5 Å². The number of aromatic nitrogens is 2. The third-order valence-electron chi connectivity index (χ3n) is 5.02. The second kappa shape index (κ2) is 9.55. The second-order valence-corrected chi connectivity index (χ2v) is 9.81. The van der Waals surface area contributed by atoms with Gasteiger partial charge >= 0.3 is 0 Å². The molecule has 0 saturated carbocycles. The fourth-order valence-corrected chi connectivity index (χ4v) is 4.00. The minimum Gasteiger partial charge on any atom is -0.496 e. The molecule has 0 aliphatic carbocycles. The van der Waals surface area contributed by atoms with Gasteiger partial charge in [0.25, 0.3) is 5.91 Å². The Hall–Kier alpha value is -2.50. The van der Waals surface area contributed by atoms with Crippen LogP contribution in [0.25, 0.3) is 16.9 Å². The summed E-state index contributed by atoms with van der Waals surface area (Å²) in [6.45, 7) is 10.8. The zero-order valence-electron chi connectivity index (χ0n) is 19.3. The number of carbonyl (C=O) groups excluding carboxylic acids is 1. The number of halogens is 2. The normalized spacial score (nSPS) is 11.5. The number of carbonyl (C=O) groups is 1. The van der Waals surface area contributed by atoms with Crippen molar-refractivity contribution in [2.45, 2.75) is 41.0 Å². The number of aryl methyl sites for hydroxylation is 1. The molecule has 1 aromatic heterocycles. The molecule has 32 heavy (non-hydrogen) atoms. The SMILES string of the molecule is CCNC(=O)c1nc(CC(C)(C)C)n(-c2cc(Cl)ccc2C)c1-c1cc(Cl)ccc1OC. The van der Waals surface area contributed by atoms with Crippen LogP contribution in [0.2, 0.25) is 10.0 Å². The van der Waals surface area contributed by atoms with E-state index in [-0.39, 0.29) is 11.3 Å². The first kappa shape index (κ1) is 24.1. The van der Waals surface area contributed by atoms with E-state index in [0.29, 0.717) is 45.7 Å². The number of nitrogens with one attached hydrogen (secondary N) is 1. The molecule has 5 nitrogen and oxygen atoms in total. The standard InChI is InChI=1S/C25H29Cl2N3O2/c1-7-28-24(31)22-23(18-12-16(26)10-11-20(18)32-6)30(21(29-22)14-25(3,4)5)19-13-17(27)9-8-15(19)2/h8-13H,7,14H2,1-6H3,(H,28,31). The Morgan fingerprint density at radius 3 is 2.41 bits per heavy atom. The number of nitrogens with zero attached hydrogens (tertiary/aromatic N) is 2. The van der Waals surface area contributed by atoms with Gasteiger partial charge in [0.15, 0.2) is 5.69 Å². The van der Waals surface area contributed by atoms with Gasteiger partial charge in [-0.15, -0.1) is 0 Å². The van der Waals surface area contributed by atoms with Gasteiger partial charge in [0.1, 0.15) is 11.6 Å². The van der Waals surface area contributed by atoms with E-state index in [2.05, 4.69) is 26.1 Å². The van der Waals surface area contributed by atoms with Crippen molar-refractivity contribution < 1.29 is 9.53 Å². The van der Waals surface area contributed by atoms with E-state index in [1.165, 1.54) is 0 Å². The van der Waals surface area contributed by atoms with Crippen molar-refractivity contribution in [1.82, 2.24) is 14.9 Å². The maximum absolute atomic E-state index is 13.2. The topological polar surface area (TPSA) is 56.2 Å².